The molecule has 3 heterocycles. The van der Waals surface area contributed by atoms with Crippen LogP contribution >= 0.6 is 24.0 Å². The number of carbonyl (C=O) groups excluding carboxylic acids is 1. The SMILES string of the molecule is CCCn1c(N2CCC(Cc3ccccc3)CC2)c(/C=C2\SC(=S)N(CCCCCC(=O)O)C2=O)c(C)c(C#N)c1=O. The molecule has 2 aliphatic heterocycles. The number of nitrogens with zero attached hydrogens (tertiary/aromatic N) is 4. The molecule has 2 aromatic rings. The quantitative estimate of drug-likeness (QED) is 0.185. The molecule has 1 N–H and O–H groups in total. The summed E-state index contributed by atoms with van der Waals surface area (Å²) in [5.74, 6) is 0.304. The normalized spacial score (nSPS) is 16.8. The fourth-order valence-corrected chi connectivity index (χ4v) is 7.05. The van der Waals surface area contributed by atoms with Gasteiger partial charge < -0.3 is 10.0 Å². The highest BCUT2D eigenvalue weighted by Gasteiger charge is 2.33. The molecule has 0 saturated carbocycles. The van der Waals surface area contributed by atoms with Crippen LogP contribution in [0.4, 0.5) is 5.82 Å². The third-order valence-corrected chi connectivity index (χ3v) is 9.37. The van der Waals surface area contributed by atoms with Gasteiger partial charge in [-0.1, -0.05) is 67.7 Å². The fraction of sp³-hybridized carbons (Fsp3) is 0.469. The van der Waals surface area contributed by atoms with Gasteiger partial charge in [-0.25, -0.2) is 0 Å². The van der Waals surface area contributed by atoms with Gasteiger partial charge in [0.15, 0.2) is 0 Å². The highest BCUT2D eigenvalue weighted by atomic mass is 32.2. The first-order valence-corrected chi connectivity index (χ1v) is 15.9. The van der Waals surface area contributed by atoms with Crippen molar-refractivity contribution in [3.63, 3.8) is 0 Å². The molecule has 0 unspecified atom stereocenters. The van der Waals surface area contributed by atoms with Crippen molar-refractivity contribution >= 4 is 52.1 Å². The summed E-state index contributed by atoms with van der Waals surface area (Å²) < 4.78 is 2.19. The lowest BCUT2D eigenvalue weighted by Gasteiger charge is -2.36. The van der Waals surface area contributed by atoms with Gasteiger partial charge in [0.1, 0.15) is 21.8 Å². The molecule has 2 saturated heterocycles. The van der Waals surface area contributed by atoms with Crippen LogP contribution in [0.15, 0.2) is 40.0 Å². The lowest BCUT2D eigenvalue weighted by Crippen LogP contribution is -2.40. The van der Waals surface area contributed by atoms with Gasteiger partial charge in [-0.3, -0.25) is 23.9 Å². The molecule has 0 atom stereocenters. The summed E-state index contributed by atoms with van der Waals surface area (Å²) in [6, 6.07) is 12.6. The van der Waals surface area contributed by atoms with E-state index in [4.69, 9.17) is 17.3 Å². The van der Waals surface area contributed by atoms with Gasteiger partial charge >= 0.3 is 5.97 Å². The van der Waals surface area contributed by atoms with E-state index in [1.807, 2.05) is 19.1 Å². The minimum absolute atomic E-state index is 0.103. The Morgan fingerprint density at radius 1 is 1.14 bits per heavy atom. The Bertz CT molecular complexity index is 1450. The monoisotopic (exact) mass is 606 g/mol. The number of pyridine rings is 1. The van der Waals surface area contributed by atoms with Crippen LogP contribution in [-0.4, -0.2) is 50.4 Å². The molecule has 42 heavy (non-hydrogen) atoms. The maximum absolute atomic E-state index is 13.5. The zero-order valence-corrected chi connectivity index (χ0v) is 25.9. The lowest BCUT2D eigenvalue weighted by atomic mass is 9.90. The number of thiocarbonyl (C=S) groups is 1. The number of hydrogen-bond donors (Lipinski definition) is 1. The van der Waals surface area contributed by atoms with Crippen LogP contribution in [0.25, 0.3) is 6.08 Å². The van der Waals surface area contributed by atoms with E-state index in [0.717, 1.165) is 50.2 Å². The number of carboxylic acids is 1. The van der Waals surface area contributed by atoms with Gasteiger partial charge in [-0.05, 0) is 68.6 Å². The van der Waals surface area contributed by atoms with E-state index >= 15 is 0 Å². The number of amides is 1. The molecular weight excluding hydrogens is 569 g/mol. The number of rotatable bonds is 12. The van der Waals surface area contributed by atoms with Crippen molar-refractivity contribution in [1.82, 2.24) is 9.47 Å². The average Bonchev–Trinajstić information content (AvgIpc) is 3.24. The largest absolute Gasteiger partial charge is 0.481 e. The summed E-state index contributed by atoms with van der Waals surface area (Å²) in [4.78, 5) is 42.0. The second kappa shape index (κ2) is 14.7. The Kier molecular flexibility index (Phi) is 11.0. The predicted octanol–water partition coefficient (Wildman–Crippen LogP) is 5.74. The molecule has 4 rings (SSSR count). The summed E-state index contributed by atoms with van der Waals surface area (Å²) in [6.45, 7) is 6.27. The molecule has 1 amide bonds. The first kappa shape index (κ1) is 31.5. The van der Waals surface area contributed by atoms with E-state index in [0.29, 0.717) is 53.1 Å². The second-order valence-electron chi connectivity index (χ2n) is 11.0. The van der Waals surface area contributed by atoms with E-state index < -0.39 is 5.97 Å². The molecule has 1 aromatic heterocycles. The van der Waals surface area contributed by atoms with Crippen molar-refractivity contribution < 1.29 is 14.7 Å². The van der Waals surface area contributed by atoms with Crippen molar-refractivity contribution in [1.29, 1.82) is 5.26 Å². The van der Waals surface area contributed by atoms with E-state index in [9.17, 15) is 19.6 Å². The maximum Gasteiger partial charge on any atom is 0.303 e. The Balaban J connectivity index is 1.63. The number of nitriles is 1. The third-order valence-electron chi connectivity index (χ3n) is 8.00. The Morgan fingerprint density at radius 2 is 1.86 bits per heavy atom. The van der Waals surface area contributed by atoms with Crippen LogP contribution in [0, 0.1) is 24.2 Å². The van der Waals surface area contributed by atoms with Crippen molar-refractivity contribution in [3.05, 3.63) is 67.8 Å². The number of aromatic nitrogens is 1. The number of benzene rings is 1. The highest BCUT2D eigenvalue weighted by molar-refractivity contribution is 8.26. The molecule has 0 bridgehead atoms. The minimum atomic E-state index is -0.823. The molecule has 8 nitrogen and oxygen atoms in total. The van der Waals surface area contributed by atoms with Crippen molar-refractivity contribution in [2.75, 3.05) is 24.5 Å². The number of carboxylic acid groups (broad SMARTS) is 1. The smallest absolute Gasteiger partial charge is 0.303 e. The van der Waals surface area contributed by atoms with Crippen LogP contribution in [0.3, 0.4) is 0 Å². The van der Waals surface area contributed by atoms with Gasteiger partial charge in [-0.2, -0.15) is 5.26 Å². The molecule has 0 spiro atoms. The highest BCUT2D eigenvalue weighted by Crippen LogP contribution is 2.37. The van der Waals surface area contributed by atoms with Gasteiger partial charge in [0.2, 0.25) is 0 Å². The van der Waals surface area contributed by atoms with Crippen LogP contribution < -0.4 is 10.5 Å². The molecule has 0 aliphatic carbocycles. The first-order chi connectivity index (χ1) is 20.2. The summed E-state index contributed by atoms with van der Waals surface area (Å²) in [5.41, 5.74) is 2.45. The molecule has 1 aromatic carbocycles. The molecule has 2 fully saturated rings. The van der Waals surface area contributed by atoms with Crippen molar-refractivity contribution in [2.24, 2.45) is 5.92 Å². The van der Waals surface area contributed by atoms with Crippen LogP contribution in [-0.2, 0) is 22.6 Å². The zero-order chi connectivity index (χ0) is 30.2. The predicted molar refractivity (Wildman–Crippen MR) is 172 cm³/mol. The molecule has 0 radical (unpaired) electrons. The average molecular weight is 607 g/mol. The lowest BCUT2D eigenvalue weighted by molar-refractivity contribution is -0.137. The zero-order valence-electron chi connectivity index (χ0n) is 24.3. The van der Waals surface area contributed by atoms with E-state index in [1.165, 1.54) is 17.3 Å². The number of hydrogen-bond acceptors (Lipinski definition) is 7. The van der Waals surface area contributed by atoms with Crippen LogP contribution in [0.1, 0.15) is 74.1 Å². The van der Waals surface area contributed by atoms with Gasteiger partial charge in [0, 0.05) is 38.2 Å². The van der Waals surface area contributed by atoms with Gasteiger partial charge in [0.05, 0.1) is 4.91 Å². The van der Waals surface area contributed by atoms with Gasteiger partial charge in [-0.15, -0.1) is 0 Å². The number of aliphatic carboxylic acids is 1. The molecule has 10 heteroatoms. The first-order valence-electron chi connectivity index (χ1n) is 14.7. The number of piperidine rings is 1. The molecule has 2 aliphatic rings. The second-order valence-corrected chi connectivity index (χ2v) is 12.6. The summed E-state index contributed by atoms with van der Waals surface area (Å²) in [7, 11) is 0. The van der Waals surface area contributed by atoms with Gasteiger partial charge in [0.25, 0.3) is 11.5 Å². The van der Waals surface area contributed by atoms with Crippen LogP contribution in [0.5, 0.6) is 0 Å². The Labute approximate surface area is 257 Å². The third kappa shape index (κ3) is 7.31. The Hall–Kier alpha value is -3.42. The molecular formula is C32H38N4O4S2. The van der Waals surface area contributed by atoms with E-state index in [1.54, 1.807) is 16.4 Å². The van der Waals surface area contributed by atoms with E-state index in [-0.39, 0.29) is 23.5 Å². The number of anilines is 1. The topological polar surface area (TPSA) is 107 Å². The molecule has 222 valence electrons. The summed E-state index contributed by atoms with van der Waals surface area (Å²) in [5, 5.41) is 18.8. The fourth-order valence-electron chi connectivity index (χ4n) is 5.76. The van der Waals surface area contributed by atoms with Crippen molar-refractivity contribution in [2.45, 2.75) is 71.8 Å². The minimum Gasteiger partial charge on any atom is -0.481 e. The maximum atomic E-state index is 13.5. The number of unbranched alkanes of at least 4 members (excludes halogenated alkanes) is 2. The summed E-state index contributed by atoms with van der Waals surface area (Å²) in [6.07, 6.45) is 7.56. The van der Waals surface area contributed by atoms with Crippen LogP contribution in [0.2, 0.25) is 0 Å². The number of carbonyl (C=O) groups is 2. The van der Waals surface area contributed by atoms with Crippen molar-refractivity contribution in [3.8, 4) is 6.07 Å². The Morgan fingerprint density at radius 3 is 2.50 bits per heavy atom. The summed E-state index contributed by atoms with van der Waals surface area (Å²) >= 11 is 6.77. The van der Waals surface area contributed by atoms with E-state index in [2.05, 4.69) is 35.2 Å². The number of thioether (sulfide) groups is 1. The standard InChI is InChI=1S/C32H38N4O4S2/c1-3-15-35-29(34-17-13-24(14-18-34)19-23-10-6-4-7-11-23)25(22(2)26(21-33)30(35)39)20-27-31(40)36(32(41)42-27)16-9-5-8-12-28(37)38/h4,6-7,10-11,20,24H,3,5,8-9,12-19H2,1-2H3,(H,37,38)/b27-20-.